The van der Waals surface area contributed by atoms with Crippen LogP contribution in [0.25, 0.3) is 0 Å². The molecule has 1 fully saturated rings. The van der Waals surface area contributed by atoms with E-state index in [2.05, 4.69) is 67.5 Å². The summed E-state index contributed by atoms with van der Waals surface area (Å²) in [6.45, 7) is 7.21. The van der Waals surface area contributed by atoms with Crippen molar-refractivity contribution < 1.29 is 58.2 Å². The highest BCUT2D eigenvalue weighted by molar-refractivity contribution is 5.98. The Hall–Kier alpha value is -9.34. The van der Waals surface area contributed by atoms with Crippen LogP contribution in [0.4, 0.5) is 0 Å². The van der Waals surface area contributed by atoms with E-state index < -0.39 is 120 Å². The van der Waals surface area contributed by atoms with Crippen molar-refractivity contribution in [3.63, 3.8) is 0 Å². The predicted molar refractivity (Wildman–Crippen MR) is 343 cm³/mol. The Morgan fingerprint density at radius 1 is 0.587 bits per heavy atom. The minimum atomic E-state index is -1.44. The van der Waals surface area contributed by atoms with Gasteiger partial charge >= 0.3 is 5.97 Å². The number of hydrogen-bond donors (Lipinski definition) is 19. The number of benzene rings is 1. The number of guanidine groups is 3. The molecule has 0 radical (unpaired) electrons. The Morgan fingerprint density at radius 3 is 1.55 bits per heavy atom. The third-order valence-electron chi connectivity index (χ3n) is 14.6. The van der Waals surface area contributed by atoms with Crippen molar-refractivity contribution in [2.45, 2.75) is 178 Å². The maximum absolute atomic E-state index is 14.5. The number of carbonyl (C=O) groups excluding carboxylic acids is 9. The van der Waals surface area contributed by atoms with Gasteiger partial charge in [-0.15, -0.1) is 0 Å². The van der Waals surface area contributed by atoms with Gasteiger partial charge in [-0.05, 0) is 120 Å². The van der Waals surface area contributed by atoms with Crippen molar-refractivity contribution in [1.82, 2.24) is 57.4 Å². The maximum Gasteiger partial charge on any atom is 0.326 e. The highest BCUT2D eigenvalue weighted by atomic mass is 16.4. The minimum absolute atomic E-state index is 0.0207. The van der Waals surface area contributed by atoms with Crippen molar-refractivity contribution in [3.8, 4) is 5.75 Å². The summed E-state index contributed by atoms with van der Waals surface area (Å²) >= 11 is 0. The molecule has 0 spiro atoms. The fraction of sp³-hybridized carbons (Fsp3) is 0.621. The highest BCUT2D eigenvalue weighted by Gasteiger charge is 2.39. The van der Waals surface area contributed by atoms with Crippen LogP contribution in [0.3, 0.4) is 0 Å². The molecule has 1 aliphatic rings. The molecule has 1 aromatic heterocycles. The smallest absolute Gasteiger partial charge is 0.326 e. The third kappa shape index (κ3) is 29.1. The first kappa shape index (κ1) is 76.9. The number of aromatic amines is 1. The second kappa shape index (κ2) is 40.4. The fourth-order valence-corrected chi connectivity index (χ4v) is 9.92. The molecule has 0 saturated carbocycles. The molecule has 3 rings (SSSR count). The van der Waals surface area contributed by atoms with Crippen LogP contribution in [0.1, 0.15) is 122 Å². The van der Waals surface area contributed by atoms with Crippen LogP contribution in [0.5, 0.6) is 5.75 Å². The van der Waals surface area contributed by atoms with Gasteiger partial charge in [0, 0.05) is 50.9 Å². The summed E-state index contributed by atoms with van der Waals surface area (Å²) < 4.78 is 0. The van der Waals surface area contributed by atoms with E-state index in [1.165, 1.54) is 29.6 Å². The molecular formula is C58H98N22O12. The number of aliphatic carboxylic acids is 1. The van der Waals surface area contributed by atoms with Gasteiger partial charge in [-0.3, -0.25) is 58.1 Å². The lowest BCUT2D eigenvalue weighted by atomic mass is 10.00. The number of phenolic OH excluding ortho intramolecular Hbond substituents is 1. The largest absolute Gasteiger partial charge is 0.508 e. The highest BCUT2D eigenvalue weighted by Crippen LogP contribution is 2.21. The molecule has 1 saturated heterocycles. The number of nitrogens with zero attached hydrogens (tertiary/aromatic N) is 5. The molecule has 1 aliphatic heterocycles. The molecule has 27 N–H and O–H groups in total. The summed E-state index contributed by atoms with van der Waals surface area (Å²) in [5.41, 5.74) is 45.8. The number of aromatic hydroxyl groups is 1. The number of nitrogens with one attached hydrogen (secondary N) is 9. The van der Waals surface area contributed by atoms with E-state index in [1.807, 2.05) is 0 Å². The molecule has 1 aromatic carbocycles. The first-order chi connectivity index (χ1) is 43.6. The zero-order valence-corrected chi connectivity index (χ0v) is 53.0. The number of carboxylic acids is 1. The Bertz CT molecular complexity index is 2810. The van der Waals surface area contributed by atoms with Crippen molar-refractivity contribution in [2.75, 3.05) is 39.3 Å². The van der Waals surface area contributed by atoms with Crippen LogP contribution in [0.2, 0.25) is 0 Å². The second-order valence-electron chi connectivity index (χ2n) is 23.4. The van der Waals surface area contributed by atoms with E-state index in [0.29, 0.717) is 36.9 Å². The molecular weight excluding hydrogens is 1200 g/mol. The summed E-state index contributed by atoms with van der Waals surface area (Å²) in [4.78, 5) is 159. The van der Waals surface area contributed by atoms with Crippen molar-refractivity contribution in [1.29, 1.82) is 0 Å². The van der Waals surface area contributed by atoms with Crippen LogP contribution in [-0.2, 0) is 60.8 Å². The van der Waals surface area contributed by atoms with E-state index in [0.717, 1.165) is 0 Å². The lowest BCUT2D eigenvalue weighted by molar-refractivity contribution is -0.149. The monoisotopic (exact) mass is 1290 g/mol. The maximum atomic E-state index is 14.5. The van der Waals surface area contributed by atoms with Gasteiger partial charge in [-0.2, -0.15) is 0 Å². The average Bonchev–Trinajstić information content (AvgIpc) is 1.96. The minimum Gasteiger partial charge on any atom is -0.508 e. The Labute approximate surface area is 535 Å². The van der Waals surface area contributed by atoms with E-state index >= 15 is 0 Å². The normalized spacial score (nSPS) is 15.3. The molecule has 512 valence electrons. The number of unbranched alkanes of at least 4 members (excludes halogenated alkanes) is 1. The third-order valence-corrected chi connectivity index (χ3v) is 14.6. The number of carbonyl (C=O) groups is 10. The van der Waals surface area contributed by atoms with Crippen LogP contribution < -0.4 is 88.4 Å². The number of rotatable bonds is 42. The number of H-pyrrole nitrogens is 1. The summed E-state index contributed by atoms with van der Waals surface area (Å²) in [7, 11) is 0. The number of aromatic nitrogens is 2. The van der Waals surface area contributed by atoms with Crippen molar-refractivity contribution in [3.05, 3.63) is 48.0 Å². The molecule has 9 atom stereocenters. The van der Waals surface area contributed by atoms with Gasteiger partial charge in [0.1, 0.15) is 54.1 Å². The lowest BCUT2D eigenvalue weighted by Gasteiger charge is -2.29. The molecule has 34 heteroatoms. The van der Waals surface area contributed by atoms with Gasteiger partial charge < -0.3 is 109 Å². The van der Waals surface area contributed by atoms with E-state index in [-0.39, 0.29) is 139 Å². The summed E-state index contributed by atoms with van der Waals surface area (Å²) in [6.07, 6.45) is 4.85. The number of hydrogen-bond acceptors (Lipinski definition) is 17. The molecule has 0 bridgehead atoms. The van der Waals surface area contributed by atoms with Gasteiger partial charge in [0.15, 0.2) is 17.9 Å². The van der Waals surface area contributed by atoms with Crippen LogP contribution in [0.15, 0.2) is 51.8 Å². The van der Waals surface area contributed by atoms with Crippen LogP contribution >= 0.6 is 0 Å². The van der Waals surface area contributed by atoms with Crippen LogP contribution in [0, 0.1) is 11.8 Å². The zero-order valence-electron chi connectivity index (χ0n) is 53.0. The number of imidazole rings is 1. The van der Waals surface area contributed by atoms with E-state index in [9.17, 15) is 58.2 Å². The summed E-state index contributed by atoms with van der Waals surface area (Å²) in [5.74, 6) is -9.20. The summed E-state index contributed by atoms with van der Waals surface area (Å²) in [5, 5.41) is 41.1. The van der Waals surface area contributed by atoms with Gasteiger partial charge in [0.05, 0.1) is 18.9 Å². The molecule has 92 heavy (non-hydrogen) atoms. The number of aliphatic imine (C=N–C) groups is 3. The molecule has 0 aliphatic carbocycles. The number of amides is 9. The lowest BCUT2D eigenvalue weighted by Crippen LogP contribution is -2.60. The van der Waals surface area contributed by atoms with E-state index in [4.69, 9.17) is 45.9 Å². The topological polar surface area (TPSA) is 585 Å². The Morgan fingerprint density at radius 2 is 1.04 bits per heavy atom. The first-order valence-corrected chi connectivity index (χ1v) is 30.9. The van der Waals surface area contributed by atoms with E-state index in [1.54, 1.807) is 39.8 Å². The number of carboxylic acid groups (broad SMARTS) is 1. The summed E-state index contributed by atoms with van der Waals surface area (Å²) in [6, 6.07) is -5.44. The molecule has 2 aromatic rings. The fourth-order valence-electron chi connectivity index (χ4n) is 9.92. The molecule has 34 nitrogen and oxygen atoms in total. The Kier molecular flexibility index (Phi) is 33.8. The van der Waals surface area contributed by atoms with Gasteiger partial charge in [0.25, 0.3) is 0 Å². The predicted octanol–water partition coefficient (Wildman–Crippen LogP) is -4.80. The Balaban J connectivity index is 1.88. The van der Waals surface area contributed by atoms with Gasteiger partial charge in [0.2, 0.25) is 53.2 Å². The number of nitrogens with two attached hydrogens (primary N) is 8. The standard InChI is InChI=1S/C58H98N22O12/c1-32(2)25-41(78-53(89)43(27-34-16-18-36(81)19-17-34)76-47(83)37(60)11-7-21-68-56(61)62)51(87)74-39(13-8-22-69-57(63)64)50(86)79-44(28-35-29-67-31-72-35)48(84)71-30-46(82)73-38(12-5-6-20-59)49(85)77-42(26-33(3)4)52(88)75-40(14-9-23-70-58(65)66)54(90)80-24-10-15-45(80)55(91)92/h16-19,29,31-33,37-45,81H,5-15,20-28,30,59-60H2,1-4H3,(H,67,72)(H,71,84)(H,73,82)(H,74,87)(H,75,88)(H,76,83)(H,77,85)(H,78,89)(H,79,86)(H,91,92)(H4,61,62,68)(H4,63,64,69)(H4,65,66,70)/t37-,38-,39-,40-,41-,42-,43-,44-,45-/m0/s1. The van der Waals surface area contributed by atoms with Gasteiger partial charge in [-0.25, -0.2) is 9.78 Å². The quantitative estimate of drug-likeness (QED) is 0.0168. The number of phenols is 1. The van der Waals surface area contributed by atoms with Crippen molar-refractivity contribution >= 4 is 77.0 Å². The number of likely N-dealkylation sites (tertiary alicyclic amines) is 1. The molecule has 9 amide bonds. The van der Waals surface area contributed by atoms with Crippen molar-refractivity contribution in [2.24, 2.45) is 72.7 Å². The average molecular weight is 1300 g/mol. The molecule has 0 unspecified atom stereocenters. The SMILES string of the molecule is CC(C)C[C@H](NC(=O)[C@H](Cc1ccc(O)cc1)NC(=O)[C@@H](N)CCCN=C(N)N)C(=O)N[C@@H](CCCN=C(N)N)C(=O)N[C@@H](Cc1cnc[nH]1)C(=O)NCC(=O)N[C@@H](CCCCN)C(=O)N[C@@H](CC(C)C)C(=O)N[C@@H](CCCN=C(N)N)C(=O)N1CCC[C@H]1C(=O)O. The van der Waals surface area contributed by atoms with Gasteiger partial charge in [-0.1, -0.05) is 39.8 Å². The van der Waals surface area contributed by atoms with Crippen LogP contribution in [-0.4, -0.2) is 196 Å². The first-order valence-electron chi connectivity index (χ1n) is 30.9. The molecule has 2 heterocycles. The zero-order chi connectivity index (χ0) is 68.5. The second-order valence-corrected chi connectivity index (χ2v) is 23.4.